The molecule has 0 amide bonds. The van der Waals surface area contributed by atoms with Crippen molar-refractivity contribution in [2.45, 2.75) is 57.6 Å². The maximum absolute atomic E-state index is 11.2. The maximum Gasteiger partial charge on any atom is 0.302 e. The summed E-state index contributed by atoms with van der Waals surface area (Å²) < 4.78 is 5.60. The molecule has 2 bridgehead atoms. The van der Waals surface area contributed by atoms with Crippen molar-refractivity contribution in [2.24, 2.45) is 11.8 Å². The van der Waals surface area contributed by atoms with Crippen molar-refractivity contribution in [1.29, 1.82) is 0 Å². The van der Waals surface area contributed by atoms with Gasteiger partial charge in [-0.3, -0.25) is 9.69 Å². The summed E-state index contributed by atoms with van der Waals surface area (Å²) in [4.78, 5) is 13.9. The zero-order valence-electron chi connectivity index (χ0n) is 10.7. The molecule has 3 rings (SSSR count). The van der Waals surface area contributed by atoms with Crippen LogP contribution in [0.4, 0.5) is 0 Å². The Morgan fingerprint density at radius 1 is 1.12 bits per heavy atom. The van der Waals surface area contributed by atoms with Crippen LogP contribution in [0.3, 0.4) is 0 Å². The number of carbonyl (C=O) groups is 1. The third-order valence-electron chi connectivity index (χ3n) is 5.00. The van der Waals surface area contributed by atoms with Crippen LogP contribution in [0, 0.1) is 11.8 Å². The highest BCUT2D eigenvalue weighted by molar-refractivity contribution is 5.66. The van der Waals surface area contributed by atoms with Crippen molar-refractivity contribution in [2.75, 3.05) is 13.1 Å². The van der Waals surface area contributed by atoms with Crippen LogP contribution < -0.4 is 0 Å². The zero-order chi connectivity index (χ0) is 11.8. The van der Waals surface area contributed by atoms with E-state index in [2.05, 4.69) is 4.90 Å². The van der Waals surface area contributed by atoms with E-state index in [1.54, 1.807) is 6.92 Å². The number of esters is 1. The molecule has 1 aliphatic heterocycles. The Labute approximate surface area is 104 Å². The zero-order valence-corrected chi connectivity index (χ0v) is 10.7. The number of likely N-dealkylation sites (tertiary alicyclic amines) is 1. The van der Waals surface area contributed by atoms with Crippen molar-refractivity contribution in [1.82, 2.24) is 4.90 Å². The van der Waals surface area contributed by atoms with E-state index < -0.39 is 0 Å². The van der Waals surface area contributed by atoms with Gasteiger partial charge >= 0.3 is 5.97 Å². The Morgan fingerprint density at radius 3 is 2.53 bits per heavy atom. The lowest BCUT2D eigenvalue weighted by Crippen LogP contribution is -2.47. The van der Waals surface area contributed by atoms with E-state index in [4.69, 9.17) is 4.74 Å². The lowest BCUT2D eigenvalue weighted by atomic mass is 9.81. The maximum atomic E-state index is 11.2. The summed E-state index contributed by atoms with van der Waals surface area (Å²) in [7, 11) is 0. The molecule has 0 radical (unpaired) electrons. The number of nitrogens with zero attached hydrogens (tertiary/aromatic N) is 1. The van der Waals surface area contributed by atoms with Gasteiger partial charge in [0.25, 0.3) is 0 Å². The molecule has 2 saturated carbocycles. The van der Waals surface area contributed by atoms with Gasteiger partial charge in [-0.15, -0.1) is 0 Å². The van der Waals surface area contributed by atoms with Gasteiger partial charge < -0.3 is 4.74 Å². The second-order valence-corrected chi connectivity index (χ2v) is 5.96. The first-order valence-electron chi connectivity index (χ1n) is 7.17. The van der Waals surface area contributed by atoms with Gasteiger partial charge in [0.2, 0.25) is 0 Å². The largest absolute Gasteiger partial charge is 0.462 e. The van der Waals surface area contributed by atoms with Gasteiger partial charge in [0.15, 0.2) is 0 Å². The van der Waals surface area contributed by atoms with Gasteiger partial charge in [0, 0.05) is 18.9 Å². The molecule has 4 atom stereocenters. The van der Waals surface area contributed by atoms with Crippen molar-refractivity contribution in [3.05, 3.63) is 0 Å². The summed E-state index contributed by atoms with van der Waals surface area (Å²) in [5.74, 6) is 1.19. The molecule has 1 saturated heterocycles. The average Bonchev–Trinajstić information content (AvgIpc) is 2.87. The standard InChI is InChI=1S/C14H23NO2/c1-10(16)17-14-11-4-6-12(14)13(7-5-11)15-8-2-3-9-15/h11-14H,2-9H2,1H3/t11-,12+,13+,14-/m0/s1. The SMILES string of the molecule is CC(=O)O[C@H]1[C@H]2CC[C@@H]1[C@H](N1CCCC1)CC2. The molecular formula is C14H23NO2. The molecule has 0 unspecified atom stereocenters. The lowest BCUT2D eigenvalue weighted by molar-refractivity contribution is -0.154. The Bertz CT molecular complexity index is 299. The molecule has 0 aromatic carbocycles. The van der Waals surface area contributed by atoms with Gasteiger partial charge in [-0.25, -0.2) is 0 Å². The van der Waals surface area contributed by atoms with E-state index in [0.29, 0.717) is 17.9 Å². The minimum Gasteiger partial charge on any atom is -0.462 e. The fraction of sp³-hybridized carbons (Fsp3) is 0.929. The van der Waals surface area contributed by atoms with Crippen LogP contribution in [0.25, 0.3) is 0 Å². The topological polar surface area (TPSA) is 29.5 Å². The molecule has 3 heteroatoms. The molecule has 1 heterocycles. The van der Waals surface area contributed by atoms with E-state index in [1.165, 1.54) is 51.6 Å². The molecule has 3 nitrogen and oxygen atoms in total. The fourth-order valence-electron chi connectivity index (χ4n) is 4.31. The third kappa shape index (κ3) is 2.10. The molecule has 3 aliphatic rings. The van der Waals surface area contributed by atoms with Crippen LogP contribution >= 0.6 is 0 Å². The first kappa shape index (κ1) is 11.5. The summed E-state index contributed by atoms with van der Waals surface area (Å²) in [6.45, 7) is 4.08. The van der Waals surface area contributed by atoms with Crippen LogP contribution in [0.5, 0.6) is 0 Å². The van der Waals surface area contributed by atoms with Gasteiger partial charge in [-0.05, 0) is 57.5 Å². The second kappa shape index (κ2) is 4.60. The number of ether oxygens (including phenoxy) is 1. The van der Waals surface area contributed by atoms with Crippen molar-refractivity contribution in [3.63, 3.8) is 0 Å². The molecule has 3 fully saturated rings. The van der Waals surface area contributed by atoms with Gasteiger partial charge in [0.05, 0.1) is 0 Å². The summed E-state index contributed by atoms with van der Waals surface area (Å²) in [6.07, 6.45) is 8.06. The van der Waals surface area contributed by atoms with Crippen LogP contribution in [0.15, 0.2) is 0 Å². The van der Waals surface area contributed by atoms with Crippen molar-refractivity contribution < 1.29 is 9.53 Å². The molecule has 0 spiro atoms. The van der Waals surface area contributed by atoms with E-state index in [-0.39, 0.29) is 12.1 Å². The third-order valence-corrected chi connectivity index (χ3v) is 5.00. The normalized spacial score (nSPS) is 41.7. The van der Waals surface area contributed by atoms with Crippen molar-refractivity contribution >= 4 is 5.97 Å². The second-order valence-electron chi connectivity index (χ2n) is 5.96. The van der Waals surface area contributed by atoms with Gasteiger partial charge in [0.1, 0.15) is 6.10 Å². The quantitative estimate of drug-likeness (QED) is 0.690. The fourth-order valence-corrected chi connectivity index (χ4v) is 4.31. The van der Waals surface area contributed by atoms with E-state index in [1.807, 2.05) is 0 Å². The summed E-state index contributed by atoms with van der Waals surface area (Å²) in [6, 6.07) is 0.695. The highest BCUT2D eigenvalue weighted by Crippen LogP contribution is 2.46. The molecule has 0 aromatic rings. The number of rotatable bonds is 2. The predicted molar refractivity (Wildman–Crippen MR) is 65.6 cm³/mol. The van der Waals surface area contributed by atoms with Crippen LogP contribution in [-0.4, -0.2) is 36.1 Å². The lowest BCUT2D eigenvalue weighted by Gasteiger charge is -2.40. The smallest absolute Gasteiger partial charge is 0.302 e. The van der Waals surface area contributed by atoms with Crippen LogP contribution in [-0.2, 0) is 9.53 Å². The van der Waals surface area contributed by atoms with E-state index in [0.717, 1.165) is 0 Å². The highest BCUT2D eigenvalue weighted by Gasteiger charge is 2.48. The summed E-state index contributed by atoms with van der Waals surface area (Å²) in [5.41, 5.74) is 0. The number of hydrogen-bond acceptors (Lipinski definition) is 3. The first-order chi connectivity index (χ1) is 8.25. The predicted octanol–water partition coefficient (Wildman–Crippen LogP) is 2.20. The number of carbonyl (C=O) groups excluding carboxylic acids is 1. The Kier molecular flexibility index (Phi) is 3.12. The molecule has 96 valence electrons. The van der Waals surface area contributed by atoms with Crippen LogP contribution in [0.1, 0.15) is 45.4 Å². The van der Waals surface area contributed by atoms with Crippen LogP contribution in [0.2, 0.25) is 0 Å². The van der Waals surface area contributed by atoms with Crippen molar-refractivity contribution in [3.8, 4) is 0 Å². The Balaban J connectivity index is 1.72. The molecule has 0 aromatic heterocycles. The highest BCUT2D eigenvalue weighted by atomic mass is 16.5. The Morgan fingerprint density at radius 2 is 1.82 bits per heavy atom. The summed E-state index contributed by atoms with van der Waals surface area (Å²) >= 11 is 0. The molecule has 0 N–H and O–H groups in total. The van der Waals surface area contributed by atoms with E-state index >= 15 is 0 Å². The first-order valence-corrected chi connectivity index (χ1v) is 7.17. The monoisotopic (exact) mass is 237 g/mol. The number of fused-ring (bicyclic) bond motifs is 2. The molecular weight excluding hydrogens is 214 g/mol. The number of hydrogen-bond donors (Lipinski definition) is 0. The Hall–Kier alpha value is -0.570. The molecule has 2 aliphatic carbocycles. The summed E-state index contributed by atoms with van der Waals surface area (Å²) in [5, 5.41) is 0. The van der Waals surface area contributed by atoms with Gasteiger partial charge in [-0.2, -0.15) is 0 Å². The van der Waals surface area contributed by atoms with E-state index in [9.17, 15) is 4.79 Å². The minimum atomic E-state index is -0.0889. The minimum absolute atomic E-state index is 0.0889. The average molecular weight is 237 g/mol. The van der Waals surface area contributed by atoms with Gasteiger partial charge in [-0.1, -0.05) is 0 Å². The molecule has 17 heavy (non-hydrogen) atoms.